The van der Waals surface area contributed by atoms with Crippen LogP contribution in [0.25, 0.3) is 11.4 Å². The molecule has 150 valence electrons. The minimum atomic E-state index is 0.440. The quantitative estimate of drug-likeness (QED) is 0.595. The third kappa shape index (κ3) is 3.49. The second-order valence-corrected chi connectivity index (χ2v) is 7.74. The Labute approximate surface area is 170 Å². The average molecular weight is 391 g/mol. The van der Waals surface area contributed by atoms with Crippen LogP contribution in [-0.4, -0.2) is 35.3 Å². The van der Waals surface area contributed by atoms with Crippen molar-refractivity contribution in [1.82, 2.24) is 15.0 Å². The van der Waals surface area contributed by atoms with Gasteiger partial charge in [-0.3, -0.25) is 4.90 Å². The first-order valence-corrected chi connectivity index (χ1v) is 10.2. The van der Waals surface area contributed by atoms with Crippen LogP contribution in [0.15, 0.2) is 47.0 Å². The van der Waals surface area contributed by atoms with Gasteiger partial charge in [0.15, 0.2) is 11.5 Å². The predicted molar refractivity (Wildman–Crippen MR) is 109 cm³/mol. The molecule has 0 amide bonds. The Morgan fingerprint density at radius 2 is 1.86 bits per heavy atom. The fourth-order valence-electron chi connectivity index (χ4n) is 4.35. The molecule has 29 heavy (non-hydrogen) atoms. The van der Waals surface area contributed by atoms with Crippen LogP contribution in [0.2, 0.25) is 0 Å². The summed E-state index contributed by atoms with van der Waals surface area (Å²) in [5.74, 6) is 2.56. The Balaban J connectivity index is 1.38. The number of benzene rings is 2. The molecule has 0 bridgehead atoms. The lowest BCUT2D eigenvalue weighted by atomic mass is 10.1. The van der Waals surface area contributed by atoms with E-state index in [0.717, 1.165) is 18.4 Å². The summed E-state index contributed by atoms with van der Waals surface area (Å²) in [5, 5.41) is 4.21. The summed E-state index contributed by atoms with van der Waals surface area (Å²) < 4.78 is 16.3. The molecule has 1 atom stereocenters. The van der Waals surface area contributed by atoms with Crippen LogP contribution < -0.4 is 9.47 Å². The van der Waals surface area contributed by atoms with Crippen molar-refractivity contribution in [1.29, 1.82) is 0 Å². The van der Waals surface area contributed by atoms with Crippen molar-refractivity contribution in [2.24, 2.45) is 0 Å². The molecule has 6 heteroatoms. The van der Waals surface area contributed by atoms with Gasteiger partial charge in [-0.2, -0.15) is 4.98 Å². The van der Waals surface area contributed by atoms with E-state index in [1.54, 1.807) is 14.2 Å². The Morgan fingerprint density at radius 1 is 1.03 bits per heavy atom. The molecule has 1 unspecified atom stereocenters. The molecule has 1 saturated carbocycles. The van der Waals surface area contributed by atoms with Crippen LogP contribution >= 0.6 is 0 Å². The number of aryl methyl sites for hydroxylation is 1. The van der Waals surface area contributed by atoms with Crippen molar-refractivity contribution in [2.45, 2.75) is 44.3 Å². The van der Waals surface area contributed by atoms with Crippen molar-refractivity contribution in [3.8, 4) is 22.9 Å². The van der Waals surface area contributed by atoms with Crippen molar-refractivity contribution < 1.29 is 14.0 Å². The minimum Gasteiger partial charge on any atom is -0.493 e. The number of aromatic nitrogens is 2. The number of hydrogen-bond donors (Lipinski definition) is 0. The third-order valence-corrected chi connectivity index (χ3v) is 5.95. The van der Waals surface area contributed by atoms with Crippen LogP contribution in [0.1, 0.15) is 42.3 Å². The van der Waals surface area contributed by atoms with E-state index >= 15 is 0 Å². The van der Waals surface area contributed by atoms with Gasteiger partial charge in [0.05, 0.1) is 20.8 Å². The van der Waals surface area contributed by atoms with Crippen molar-refractivity contribution in [3.63, 3.8) is 0 Å². The number of fused-ring (bicyclic) bond motifs is 1. The first kappa shape index (κ1) is 18.2. The molecule has 0 saturated heterocycles. The summed E-state index contributed by atoms with van der Waals surface area (Å²) in [7, 11) is 3.24. The number of methoxy groups -OCH3 is 2. The van der Waals surface area contributed by atoms with E-state index < -0.39 is 0 Å². The summed E-state index contributed by atoms with van der Waals surface area (Å²) >= 11 is 0. The van der Waals surface area contributed by atoms with Gasteiger partial charge < -0.3 is 14.0 Å². The maximum absolute atomic E-state index is 5.63. The molecule has 6 nitrogen and oxygen atoms in total. The Bertz CT molecular complexity index is 1010. The SMILES string of the molecule is COc1ccc(-c2noc(CN(C3CC3)C3CCc4ccccc43)n2)cc1OC. The zero-order valence-corrected chi connectivity index (χ0v) is 16.8. The van der Waals surface area contributed by atoms with Gasteiger partial charge in [-0.05, 0) is 55.0 Å². The zero-order chi connectivity index (χ0) is 19.8. The minimum absolute atomic E-state index is 0.440. The summed E-state index contributed by atoms with van der Waals surface area (Å²) in [6, 6.07) is 15.5. The van der Waals surface area contributed by atoms with Crippen LogP contribution in [0.5, 0.6) is 11.5 Å². The fourth-order valence-corrected chi connectivity index (χ4v) is 4.35. The van der Waals surface area contributed by atoms with Gasteiger partial charge in [0.1, 0.15) is 0 Å². The molecule has 2 aromatic carbocycles. The molecular weight excluding hydrogens is 366 g/mol. The van der Waals surface area contributed by atoms with Gasteiger partial charge in [0.2, 0.25) is 11.7 Å². The van der Waals surface area contributed by atoms with Gasteiger partial charge in [-0.25, -0.2) is 0 Å². The Kier molecular flexibility index (Phi) is 4.72. The van der Waals surface area contributed by atoms with Crippen LogP contribution in [0.4, 0.5) is 0 Å². The predicted octanol–water partition coefficient (Wildman–Crippen LogP) is 4.41. The average Bonchev–Trinajstić information content (AvgIpc) is 3.35. The molecule has 0 spiro atoms. The summed E-state index contributed by atoms with van der Waals surface area (Å²) in [6.07, 6.45) is 4.79. The highest BCUT2D eigenvalue weighted by molar-refractivity contribution is 5.60. The zero-order valence-electron chi connectivity index (χ0n) is 16.8. The van der Waals surface area contributed by atoms with Gasteiger partial charge in [-0.1, -0.05) is 29.4 Å². The van der Waals surface area contributed by atoms with E-state index in [2.05, 4.69) is 39.3 Å². The second kappa shape index (κ2) is 7.52. The monoisotopic (exact) mass is 391 g/mol. The lowest BCUT2D eigenvalue weighted by Crippen LogP contribution is -2.29. The highest BCUT2D eigenvalue weighted by atomic mass is 16.5. The van der Waals surface area contributed by atoms with E-state index in [9.17, 15) is 0 Å². The molecule has 2 aliphatic carbocycles. The molecule has 1 fully saturated rings. The molecule has 0 aliphatic heterocycles. The first-order valence-electron chi connectivity index (χ1n) is 10.2. The van der Waals surface area contributed by atoms with Crippen LogP contribution in [0, 0.1) is 0 Å². The van der Waals surface area contributed by atoms with E-state index in [1.165, 1.54) is 24.0 Å². The third-order valence-electron chi connectivity index (χ3n) is 5.95. The molecule has 2 aliphatic rings. The molecule has 1 aromatic heterocycles. The maximum atomic E-state index is 5.63. The molecule has 5 rings (SSSR count). The van der Waals surface area contributed by atoms with Crippen molar-refractivity contribution in [2.75, 3.05) is 14.2 Å². The maximum Gasteiger partial charge on any atom is 0.241 e. The first-order chi connectivity index (χ1) is 14.3. The highest BCUT2D eigenvalue weighted by Crippen LogP contribution is 2.42. The lowest BCUT2D eigenvalue weighted by Gasteiger charge is -2.28. The standard InChI is InChI=1S/C23H25N3O3/c1-27-20-12-8-16(13-21(20)28-2)23-24-22(29-25-23)14-26(17-9-10-17)19-11-7-15-5-3-4-6-18(15)19/h3-6,8,12-13,17,19H,7,9-11,14H2,1-2H3. The number of nitrogens with zero attached hydrogens (tertiary/aromatic N) is 3. The van der Waals surface area contributed by atoms with E-state index in [0.29, 0.717) is 41.8 Å². The van der Waals surface area contributed by atoms with E-state index in [4.69, 9.17) is 14.0 Å². The number of hydrogen-bond acceptors (Lipinski definition) is 6. The number of ether oxygens (including phenoxy) is 2. The summed E-state index contributed by atoms with van der Waals surface area (Å²) in [6.45, 7) is 0.684. The van der Waals surface area contributed by atoms with Crippen molar-refractivity contribution >= 4 is 0 Å². The molecular formula is C23H25N3O3. The molecule has 1 heterocycles. The van der Waals surface area contributed by atoms with Crippen molar-refractivity contribution in [3.05, 3.63) is 59.5 Å². The smallest absolute Gasteiger partial charge is 0.241 e. The lowest BCUT2D eigenvalue weighted by molar-refractivity contribution is 0.154. The van der Waals surface area contributed by atoms with E-state index in [1.807, 2.05) is 18.2 Å². The fraction of sp³-hybridized carbons (Fsp3) is 0.391. The van der Waals surface area contributed by atoms with Gasteiger partial charge in [0.25, 0.3) is 0 Å². The van der Waals surface area contributed by atoms with Crippen LogP contribution in [-0.2, 0) is 13.0 Å². The molecule has 3 aromatic rings. The van der Waals surface area contributed by atoms with Gasteiger partial charge in [0, 0.05) is 17.6 Å². The van der Waals surface area contributed by atoms with Crippen LogP contribution in [0.3, 0.4) is 0 Å². The Hall–Kier alpha value is -2.86. The number of rotatable bonds is 7. The highest BCUT2D eigenvalue weighted by Gasteiger charge is 2.38. The van der Waals surface area contributed by atoms with Gasteiger partial charge in [-0.15, -0.1) is 0 Å². The topological polar surface area (TPSA) is 60.6 Å². The van der Waals surface area contributed by atoms with E-state index in [-0.39, 0.29) is 0 Å². The normalized spacial score (nSPS) is 18.1. The summed E-state index contributed by atoms with van der Waals surface area (Å²) in [4.78, 5) is 7.23. The van der Waals surface area contributed by atoms with Gasteiger partial charge >= 0.3 is 0 Å². The summed E-state index contributed by atoms with van der Waals surface area (Å²) in [5.41, 5.74) is 3.78. The Morgan fingerprint density at radius 3 is 2.66 bits per heavy atom. The molecule has 0 N–H and O–H groups in total. The molecule has 0 radical (unpaired) electrons. The largest absolute Gasteiger partial charge is 0.493 e. The second-order valence-electron chi connectivity index (χ2n) is 7.74.